The second-order valence-electron chi connectivity index (χ2n) is 8.25. The average Bonchev–Trinajstić information content (AvgIpc) is 3.52. The number of nitrogens with one attached hydrogen (secondary N) is 3. The molecule has 5 aromatic rings. The van der Waals surface area contributed by atoms with Crippen LogP contribution in [0.25, 0.3) is 33.4 Å². The Morgan fingerprint density at radius 2 is 1.85 bits per heavy atom. The van der Waals surface area contributed by atoms with Crippen LogP contribution in [0.3, 0.4) is 0 Å². The van der Waals surface area contributed by atoms with Crippen LogP contribution in [0.2, 0.25) is 0 Å². The topological polar surface area (TPSA) is 103 Å². The monoisotopic (exact) mass is 453 g/mol. The molecule has 0 saturated carbocycles. The van der Waals surface area contributed by atoms with E-state index >= 15 is 0 Å². The fraction of sp³-hybridized carbons (Fsp3) is 0.120. The van der Waals surface area contributed by atoms with Gasteiger partial charge in [0.15, 0.2) is 5.82 Å². The summed E-state index contributed by atoms with van der Waals surface area (Å²) in [5, 5.41) is 11.0. The molecule has 1 amide bonds. The first-order chi connectivity index (χ1) is 16.6. The summed E-state index contributed by atoms with van der Waals surface area (Å²) in [6, 6.07) is 17.4. The number of amides is 1. The van der Waals surface area contributed by atoms with Gasteiger partial charge < -0.3 is 15.2 Å². The van der Waals surface area contributed by atoms with Crippen LogP contribution in [0.15, 0.2) is 73.2 Å². The summed E-state index contributed by atoms with van der Waals surface area (Å²) >= 11 is 0. The molecule has 1 aliphatic rings. The summed E-state index contributed by atoms with van der Waals surface area (Å²) in [4.78, 5) is 26.2. The van der Waals surface area contributed by atoms with Crippen molar-refractivity contribution in [3.05, 3.63) is 78.9 Å². The Morgan fingerprint density at radius 1 is 1.03 bits per heavy atom. The van der Waals surface area contributed by atoms with Crippen LogP contribution in [0.1, 0.15) is 10.5 Å². The quantitative estimate of drug-likeness (QED) is 0.362. The van der Waals surface area contributed by atoms with Crippen molar-refractivity contribution in [1.82, 2.24) is 30.0 Å². The van der Waals surface area contributed by atoms with Gasteiger partial charge in [-0.3, -0.25) is 9.89 Å². The van der Waals surface area contributed by atoms with Gasteiger partial charge in [-0.25, -0.2) is 14.4 Å². The third-order valence-corrected chi connectivity index (χ3v) is 5.88. The largest absolute Gasteiger partial charge is 0.351 e. The van der Waals surface area contributed by atoms with Gasteiger partial charge in [0.1, 0.15) is 17.7 Å². The van der Waals surface area contributed by atoms with Crippen LogP contribution in [0.5, 0.6) is 0 Å². The number of fused-ring (bicyclic) bond motifs is 1. The van der Waals surface area contributed by atoms with Crippen LogP contribution in [-0.2, 0) is 0 Å². The molecule has 3 N–H and O–H groups in total. The number of likely N-dealkylation sites (tertiary alicyclic amines) is 1. The summed E-state index contributed by atoms with van der Waals surface area (Å²) in [6.45, 7) is 0.304. The Morgan fingerprint density at radius 3 is 2.62 bits per heavy atom. The highest BCUT2D eigenvalue weighted by atomic mass is 19.1. The van der Waals surface area contributed by atoms with Gasteiger partial charge in [-0.05, 0) is 35.9 Å². The first-order valence-electron chi connectivity index (χ1n) is 10.9. The summed E-state index contributed by atoms with van der Waals surface area (Å²) < 4.78 is 13.1. The van der Waals surface area contributed by atoms with E-state index < -0.39 is 6.17 Å². The lowest BCUT2D eigenvalue weighted by Gasteiger charge is -2.33. The Labute approximate surface area is 193 Å². The molecule has 2 aromatic carbocycles. The summed E-state index contributed by atoms with van der Waals surface area (Å²) in [7, 11) is 0. The first kappa shape index (κ1) is 20.1. The maximum atomic E-state index is 13.1. The van der Waals surface area contributed by atoms with E-state index in [0.29, 0.717) is 17.3 Å². The number of aromatic nitrogens is 5. The van der Waals surface area contributed by atoms with E-state index in [1.807, 2.05) is 54.7 Å². The lowest BCUT2D eigenvalue weighted by Crippen LogP contribution is -2.51. The summed E-state index contributed by atoms with van der Waals surface area (Å²) in [5.41, 5.74) is 5.07. The third-order valence-electron chi connectivity index (χ3n) is 5.88. The molecule has 0 unspecified atom stereocenters. The van der Waals surface area contributed by atoms with E-state index in [0.717, 1.165) is 33.3 Å². The second-order valence-corrected chi connectivity index (χ2v) is 8.25. The molecule has 9 heteroatoms. The maximum Gasteiger partial charge on any atom is 0.270 e. The molecule has 0 radical (unpaired) electrons. The van der Waals surface area contributed by atoms with Gasteiger partial charge in [0, 0.05) is 40.1 Å². The number of nitrogens with zero attached hydrogens (tertiary/aromatic N) is 4. The fourth-order valence-corrected chi connectivity index (χ4v) is 4.01. The molecule has 168 valence electrons. The van der Waals surface area contributed by atoms with Crippen LogP contribution in [0.4, 0.5) is 15.9 Å². The van der Waals surface area contributed by atoms with Crippen molar-refractivity contribution in [1.29, 1.82) is 0 Å². The standard InChI is InChI=1S/C25H20FN7O/c26-19-13-33(14-19)25(34)22-9-16-1-2-17(10-21(16)31-22)24-27-8-7-23(32-24)30-20-5-3-15(4-6-20)18-11-28-29-12-18/h1-12,19,31H,13-14H2,(H,28,29)(H,27,30,32). The third kappa shape index (κ3) is 3.77. The number of alkyl halides is 1. The van der Waals surface area contributed by atoms with Gasteiger partial charge >= 0.3 is 0 Å². The molecule has 3 aromatic heterocycles. The number of rotatable bonds is 5. The highest BCUT2D eigenvalue weighted by Gasteiger charge is 2.31. The lowest BCUT2D eigenvalue weighted by molar-refractivity contribution is 0.0395. The summed E-state index contributed by atoms with van der Waals surface area (Å²) in [5.74, 6) is 1.04. The Hall–Kier alpha value is -4.53. The number of carbonyl (C=O) groups excluding carboxylic acids is 1. The molecule has 1 aliphatic heterocycles. The molecule has 0 bridgehead atoms. The minimum absolute atomic E-state index is 0.152. The molecule has 6 rings (SSSR count). The van der Waals surface area contributed by atoms with Gasteiger partial charge in [0.2, 0.25) is 0 Å². The Bertz CT molecular complexity index is 1470. The van der Waals surface area contributed by atoms with Crippen molar-refractivity contribution in [3.8, 4) is 22.5 Å². The molecule has 0 aliphatic carbocycles. The second kappa shape index (κ2) is 8.11. The Kier molecular flexibility index (Phi) is 4.80. The fourth-order valence-electron chi connectivity index (χ4n) is 4.01. The zero-order chi connectivity index (χ0) is 23.1. The number of carbonyl (C=O) groups is 1. The number of halogens is 1. The van der Waals surface area contributed by atoms with Crippen LogP contribution in [-0.4, -0.2) is 55.2 Å². The maximum absolute atomic E-state index is 13.1. The highest BCUT2D eigenvalue weighted by Crippen LogP contribution is 2.26. The molecule has 1 fully saturated rings. The van der Waals surface area contributed by atoms with E-state index in [9.17, 15) is 9.18 Å². The van der Waals surface area contributed by atoms with E-state index in [-0.39, 0.29) is 19.0 Å². The minimum atomic E-state index is -0.924. The normalized spacial score (nSPS) is 13.7. The number of hydrogen-bond donors (Lipinski definition) is 3. The number of aromatic amines is 2. The zero-order valence-corrected chi connectivity index (χ0v) is 18.0. The highest BCUT2D eigenvalue weighted by molar-refractivity contribution is 5.99. The van der Waals surface area contributed by atoms with Gasteiger partial charge in [-0.2, -0.15) is 5.10 Å². The van der Waals surface area contributed by atoms with Crippen LogP contribution >= 0.6 is 0 Å². The molecule has 8 nitrogen and oxygen atoms in total. The van der Waals surface area contributed by atoms with Crippen molar-refractivity contribution >= 4 is 28.3 Å². The molecular weight excluding hydrogens is 433 g/mol. The van der Waals surface area contributed by atoms with E-state index in [2.05, 4.69) is 30.5 Å². The smallest absolute Gasteiger partial charge is 0.270 e. The molecular formula is C25H20FN7O. The minimum Gasteiger partial charge on any atom is -0.351 e. The lowest BCUT2D eigenvalue weighted by atomic mass is 10.1. The molecule has 4 heterocycles. The van der Waals surface area contributed by atoms with Crippen LogP contribution < -0.4 is 5.32 Å². The van der Waals surface area contributed by atoms with Gasteiger partial charge in [-0.1, -0.05) is 24.3 Å². The van der Waals surface area contributed by atoms with Crippen molar-refractivity contribution in [2.24, 2.45) is 0 Å². The van der Waals surface area contributed by atoms with Crippen molar-refractivity contribution in [2.75, 3.05) is 18.4 Å². The van der Waals surface area contributed by atoms with E-state index in [1.165, 1.54) is 4.90 Å². The molecule has 1 saturated heterocycles. The summed E-state index contributed by atoms with van der Waals surface area (Å²) in [6.07, 6.45) is 4.41. The molecule has 34 heavy (non-hydrogen) atoms. The number of anilines is 2. The van der Waals surface area contributed by atoms with Gasteiger partial charge in [0.25, 0.3) is 5.91 Å². The van der Waals surface area contributed by atoms with Gasteiger partial charge in [-0.15, -0.1) is 0 Å². The predicted molar refractivity (Wildman–Crippen MR) is 127 cm³/mol. The van der Waals surface area contributed by atoms with E-state index in [4.69, 9.17) is 0 Å². The predicted octanol–water partition coefficient (Wildman–Crippen LogP) is 4.55. The number of H-pyrrole nitrogens is 2. The van der Waals surface area contributed by atoms with E-state index in [1.54, 1.807) is 18.5 Å². The number of benzene rings is 2. The Balaban J connectivity index is 1.22. The first-order valence-corrected chi connectivity index (χ1v) is 10.9. The van der Waals surface area contributed by atoms with Crippen LogP contribution in [0, 0.1) is 0 Å². The molecule has 0 spiro atoms. The van der Waals surface area contributed by atoms with Crippen molar-refractivity contribution in [3.63, 3.8) is 0 Å². The molecule has 0 atom stereocenters. The average molecular weight is 453 g/mol. The van der Waals surface area contributed by atoms with Crippen molar-refractivity contribution in [2.45, 2.75) is 6.17 Å². The number of hydrogen-bond acceptors (Lipinski definition) is 5. The van der Waals surface area contributed by atoms with Gasteiger partial charge in [0.05, 0.1) is 19.3 Å². The zero-order valence-electron chi connectivity index (χ0n) is 18.0. The van der Waals surface area contributed by atoms with Crippen molar-refractivity contribution < 1.29 is 9.18 Å². The SMILES string of the molecule is O=C(c1cc2ccc(-c3nccc(Nc4ccc(-c5cn[nH]c5)cc4)n3)cc2[nH]1)N1CC(F)C1.